The van der Waals surface area contributed by atoms with Gasteiger partial charge in [0.25, 0.3) is 0 Å². The molecule has 0 aliphatic carbocycles. The molecule has 0 saturated carbocycles. The summed E-state index contributed by atoms with van der Waals surface area (Å²) in [7, 11) is 0. The lowest BCUT2D eigenvalue weighted by atomic mass is 10.0. The van der Waals surface area contributed by atoms with Gasteiger partial charge < -0.3 is 9.64 Å². The summed E-state index contributed by atoms with van der Waals surface area (Å²) >= 11 is 0. The minimum Gasteiger partial charge on any atom is -0.423 e. The highest BCUT2D eigenvalue weighted by Gasteiger charge is 2.14. The Kier molecular flexibility index (Phi) is 7.97. The van der Waals surface area contributed by atoms with Crippen LogP contribution in [0.25, 0.3) is 33.4 Å². The fourth-order valence-electron chi connectivity index (χ4n) is 5.03. The third-order valence-electron chi connectivity index (χ3n) is 7.34. The average Bonchev–Trinajstić information content (AvgIpc) is 3.07. The Morgan fingerprint density at radius 1 is 0.465 bits per heavy atom. The molecule has 0 N–H and O–H groups in total. The molecule has 0 aliphatic rings. The van der Waals surface area contributed by atoms with Crippen LogP contribution in [0.3, 0.4) is 0 Å². The van der Waals surface area contributed by atoms with Gasteiger partial charge in [0.05, 0.1) is 0 Å². The topological polar surface area (TPSA) is 29.5 Å². The van der Waals surface area contributed by atoms with Crippen molar-refractivity contribution in [2.24, 2.45) is 0 Å². The molecule has 0 heterocycles. The van der Waals surface area contributed by atoms with Crippen LogP contribution in [0.15, 0.2) is 170 Å². The van der Waals surface area contributed by atoms with Crippen molar-refractivity contribution in [2.75, 3.05) is 4.90 Å². The lowest BCUT2D eigenvalue weighted by Crippen LogP contribution is -2.09. The first-order valence-electron chi connectivity index (χ1n) is 14.2. The number of nitrogens with zero attached hydrogens (tertiary/aromatic N) is 1. The maximum absolute atomic E-state index is 11.9. The Bertz CT molecular complexity index is 1740. The normalized spacial score (nSPS) is 10.6. The first-order valence-corrected chi connectivity index (χ1v) is 14.2. The van der Waals surface area contributed by atoms with Crippen LogP contribution >= 0.6 is 0 Å². The Morgan fingerprint density at radius 2 is 0.767 bits per heavy atom. The van der Waals surface area contributed by atoms with E-state index >= 15 is 0 Å². The number of carbonyl (C=O) groups excluding carboxylic acids is 1. The summed E-state index contributed by atoms with van der Waals surface area (Å²) in [4.78, 5) is 14.1. The number of carbonyl (C=O) groups is 1. The van der Waals surface area contributed by atoms with Gasteiger partial charge in [0.15, 0.2) is 0 Å². The van der Waals surface area contributed by atoms with Crippen LogP contribution in [0.1, 0.15) is 6.92 Å². The minimum absolute atomic E-state index is 0.369. The van der Waals surface area contributed by atoms with E-state index in [-0.39, 0.29) is 0 Å². The molecule has 0 aliphatic heterocycles. The fraction of sp³-hybridized carbons (Fsp3) is 0.0250. The largest absolute Gasteiger partial charge is 0.423 e. The zero-order chi connectivity index (χ0) is 29.6. The van der Waals surface area contributed by atoms with Gasteiger partial charge in [0.1, 0.15) is 5.75 Å². The molecule has 6 rings (SSSR count). The third-order valence-corrected chi connectivity index (χ3v) is 7.34. The number of hydrogen-bond donors (Lipinski definition) is 0. The lowest BCUT2D eigenvalue weighted by molar-refractivity contribution is -0.130. The third kappa shape index (κ3) is 6.32. The second-order valence-electron chi connectivity index (χ2n) is 10.4. The standard InChI is InChI=1S/C40H31NO2/c1-29(2)40(42)43-39-27-19-35(20-28-39)34-17-25-38(26-18-34)41(36-21-13-32(14-22-36)30-9-5-3-6-10-30)37-23-15-33(16-24-37)31-11-7-4-8-12-31/h3-28H,1H2,2H3. The van der Waals surface area contributed by atoms with E-state index in [1.807, 2.05) is 24.3 Å². The van der Waals surface area contributed by atoms with Gasteiger partial charge in [-0.25, -0.2) is 4.79 Å². The first kappa shape index (κ1) is 27.5. The van der Waals surface area contributed by atoms with Crippen LogP contribution in [0.4, 0.5) is 17.1 Å². The molecule has 0 spiro atoms. The molecular weight excluding hydrogens is 526 g/mol. The van der Waals surface area contributed by atoms with Crippen molar-refractivity contribution in [3.05, 3.63) is 170 Å². The second-order valence-corrected chi connectivity index (χ2v) is 10.4. The molecule has 3 nitrogen and oxygen atoms in total. The van der Waals surface area contributed by atoms with Crippen molar-refractivity contribution < 1.29 is 9.53 Å². The fourth-order valence-corrected chi connectivity index (χ4v) is 5.03. The smallest absolute Gasteiger partial charge is 0.338 e. The van der Waals surface area contributed by atoms with E-state index in [0.717, 1.165) is 28.2 Å². The second kappa shape index (κ2) is 12.5. The van der Waals surface area contributed by atoms with E-state index in [2.05, 4.69) is 133 Å². The molecule has 0 unspecified atom stereocenters. The molecule has 3 heteroatoms. The molecule has 0 bridgehead atoms. The number of ether oxygens (including phenoxy) is 1. The van der Waals surface area contributed by atoms with Gasteiger partial charge in [0.2, 0.25) is 0 Å². The summed E-state index contributed by atoms with van der Waals surface area (Å²) in [6, 6.07) is 54.3. The van der Waals surface area contributed by atoms with E-state index < -0.39 is 5.97 Å². The van der Waals surface area contributed by atoms with Gasteiger partial charge >= 0.3 is 5.97 Å². The Morgan fingerprint density at radius 3 is 1.09 bits per heavy atom. The quantitative estimate of drug-likeness (QED) is 0.106. The van der Waals surface area contributed by atoms with E-state index in [1.54, 1.807) is 19.1 Å². The monoisotopic (exact) mass is 557 g/mol. The highest BCUT2D eigenvalue weighted by atomic mass is 16.5. The summed E-state index contributed by atoms with van der Waals surface area (Å²) in [5.74, 6) is 0.0724. The van der Waals surface area contributed by atoms with Crippen LogP contribution < -0.4 is 9.64 Å². The number of esters is 1. The lowest BCUT2D eigenvalue weighted by Gasteiger charge is -2.26. The van der Waals surface area contributed by atoms with Crippen molar-refractivity contribution in [1.82, 2.24) is 0 Å². The zero-order valence-corrected chi connectivity index (χ0v) is 24.0. The molecular formula is C40H31NO2. The Balaban J connectivity index is 1.32. The van der Waals surface area contributed by atoms with Crippen LogP contribution in [0.5, 0.6) is 5.75 Å². The van der Waals surface area contributed by atoms with Crippen LogP contribution in [-0.2, 0) is 4.79 Å². The molecule has 0 atom stereocenters. The Labute approximate surface area is 253 Å². The van der Waals surface area contributed by atoms with Gasteiger partial charge in [-0.05, 0) is 88.8 Å². The SMILES string of the molecule is C=C(C)C(=O)Oc1ccc(-c2ccc(N(c3ccc(-c4ccccc4)cc3)c3ccc(-c4ccccc4)cc3)cc2)cc1. The molecule has 0 fully saturated rings. The average molecular weight is 558 g/mol. The van der Waals surface area contributed by atoms with Crippen LogP contribution in [0.2, 0.25) is 0 Å². The zero-order valence-electron chi connectivity index (χ0n) is 24.0. The van der Waals surface area contributed by atoms with E-state index in [4.69, 9.17) is 4.74 Å². The van der Waals surface area contributed by atoms with Crippen molar-refractivity contribution in [2.45, 2.75) is 6.92 Å². The molecule has 43 heavy (non-hydrogen) atoms. The summed E-state index contributed by atoms with van der Waals surface area (Å²) < 4.78 is 5.34. The van der Waals surface area contributed by atoms with Crippen LogP contribution in [0, 0.1) is 0 Å². The number of anilines is 3. The highest BCUT2D eigenvalue weighted by Crippen LogP contribution is 2.37. The van der Waals surface area contributed by atoms with Gasteiger partial charge in [-0.3, -0.25) is 0 Å². The van der Waals surface area contributed by atoms with Crippen molar-refractivity contribution >= 4 is 23.0 Å². The molecule has 0 amide bonds. The van der Waals surface area contributed by atoms with Gasteiger partial charge in [-0.15, -0.1) is 0 Å². The highest BCUT2D eigenvalue weighted by molar-refractivity contribution is 5.89. The summed E-state index contributed by atoms with van der Waals surface area (Å²) in [6.45, 7) is 5.28. The number of benzene rings is 6. The van der Waals surface area contributed by atoms with Crippen LogP contribution in [-0.4, -0.2) is 5.97 Å². The van der Waals surface area contributed by atoms with Crippen molar-refractivity contribution in [1.29, 1.82) is 0 Å². The number of rotatable bonds is 8. The molecule has 0 saturated heterocycles. The molecule has 0 aromatic heterocycles. The van der Waals surface area contributed by atoms with Crippen molar-refractivity contribution in [3.63, 3.8) is 0 Å². The minimum atomic E-state index is -0.425. The molecule has 6 aromatic carbocycles. The summed E-state index contributed by atoms with van der Waals surface area (Å²) in [6.07, 6.45) is 0. The molecule has 6 aromatic rings. The maximum Gasteiger partial charge on any atom is 0.338 e. The Hall–Kier alpha value is -5.67. The van der Waals surface area contributed by atoms with Crippen molar-refractivity contribution in [3.8, 4) is 39.1 Å². The van der Waals surface area contributed by atoms with E-state index in [9.17, 15) is 4.79 Å². The predicted molar refractivity (Wildman–Crippen MR) is 178 cm³/mol. The van der Waals surface area contributed by atoms with E-state index in [0.29, 0.717) is 11.3 Å². The predicted octanol–water partition coefficient (Wildman–Crippen LogP) is 10.6. The molecule has 0 radical (unpaired) electrons. The van der Waals surface area contributed by atoms with Gasteiger partial charge in [0, 0.05) is 22.6 Å². The summed E-state index contributed by atoms with van der Waals surface area (Å²) in [5.41, 5.74) is 10.4. The van der Waals surface area contributed by atoms with Gasteiger partial charge in [-0.1, -0.05) is 116 Å². The maximum atomic E-state index is 11.9. The summed E-state index contributed by atoms with van der Waals surface area (Å²) in [5, 5.41) is 0. The number of hydrogen-bond acceptors (Lipinski definition) is 3. The van der Waals surface area contributed by atoms with E-state index in [1.165, 1.54) is 22.3 Å². The van der Waals surface area contributed by atoms with Gasteiger partial charge in [-0.2, -0.15) is 0 Å². The first-order chi connectivity index (χ1) is 21.0. The molecule has 208 valence electrons.